The number of rotatable bonds is 2. The van der Waals surface area contributed by atoms with Gasteiger partial charge in [0.15, 0.2) is 5.82 Å². The first-order valence-electron chi connectivity index (χ1n) is 7.25. The molecule has 1 aliphatic heterocycles. The number of nitrogens with one attached hydrogen (secondary N) is 2. The number of nitrogens with zero attached hydrogens (tertiary/aromatic N) is 3. The molecule has 3 rings (SSSR count). The first kappa shape index (κ1) is 20.3. The zero-order chi connectivity index (χ0) is 19.5. The van der Waals surface area contributed by atoms with Crippen LogP contribution in [-0.2, 0) is 4.79 Å². The van der Waals surface area contributed by atoms with Crippen LogP contribution < -0.4 is 10.6 Å². The molecule has 2 unspecified atom stereocenters. The zero-order valence-corrected chi connectivity index (χ0v) is 14.6. The van der Waals surface area contributed by atoms with E-state index in [-0.39, 0.29) is 11.9 Å². The summed E-state index contributed by atoms with van der Waals surface area (Å²) in [6.07, 6.45) is -3.37. The van der Waals surface area contributed by atoms with Crippen LogP contribution in [0.15, 0.2) is 16.9 Å². The van der Waals surface area contributed by atoms with Crippen LogP contribution in [0.5, 0.6) is 0 Å². The van der Waals surface area contributed by atoms with Gasteiger partial charge in [-0.05, 0) is 28.9 Å². The largest absolute Gasteiger partial charge is 0.490 e. The van der Waals surface area contributed by atoms with Crippen LogP contribution in [0, 0.1) is 5.82 Å². The van der Waals surface area contributed by atoms with Gasteiger partial charge in [0.2, 0.25) is 5.95 Å². The highest BCUT2D eigenvalue weighted by molar-refractivity contribution is 9.10. The number of aliphatic hydroxyl groups is 1. The Kier molecular flexibility index (Phi) is 6.36. The van der Waals surface area contributed by atoms with Crippen molar-refractivity contribution in [3.8, 4) is 0 Å². The number of anilines is 1. The molecule has 0 bridgehead atoms. The lowest BCUT2D eigenvalue weighted by Crippen LogP contribution is -2.47. The van der Waals surface area contributed by atoms with Gasteiger partial charge in [-0.1, -0.05) is 0 Å². The highest BCUT2D eigenvalue weighted by atomic mass is 79.9. The summed E-state index contributed by atoms with van der Waals surface area (Å²) in [4.78, 5) is 13.0. The lowest BCUT2D eigenvalue weighted by molar-refractivity contribution is -0.192. The standard InChI is InChI=1S/C11H13BrFN5O.C2HF3O2/c12-10-3-6(13)8-4-15-11(17-18(8)10)16-7-1-2-14-5-9(7)19;3-2(4,5)1(6)7/h3-4,7,9,14,19H,1-2,5H2,(H,16,17);(H,6,7). The third kappa shape index (κ3) is 5.02. The zero-order valence-electron chi connectivity index (χ0n) is 13.0. The van der Waals surface area contributed by atoms with Crippen molar-refractivity contribution in [3.63, 3.8) is 0 Å². The molecule has 3 heterocycles. The molecule has 0 saturated carbocycles. The second kappa shape index (κ2) is 8.14. The second-order valence-corrected chi connectivity index (χ2v) is 6.12. The number of alkyl halides is 3. The van der Waals surface area contributed by atoms with Crippen molar-refractivity contribution in [1.82, 2.24) is 19.9 Å². The summed E-state index contributed by atoms with van der Waals surface area (Å²) in [5.41, 5.74) is 0.309. The predicted octanol–water partition coefficient (Wildman–Crippen LogP) is 1.40. The van der Waals surface area contributed by atoms with E-state index in [0.29, 0.717) is 22.6 Å². The number of hydrogen-bond acceptors (Lipinski definition) is 6. The number of carboxylic acid groups (broad SMARTS) is 1. The summed E-state index contributed by atoms with van der Waals surface area (Å²) in [5, 5.41) is 27.4. The van der Waals surface area contributed by atoms with Gasteiger partial charge in [0.1, 0.15) is 10.1 Å². The first-order chi connectivity index (χ1) is 12.1. The molecular weight excluding hydrogens is 430 g/mol. The van der Waals surface area contributed by atoms with Gasteiger partial charge in [0, 0.05) is 12.6 Å². The Balaban J connectivity index is 0.000000298. The van der Waals surface area contributed by atoms with Crippen LogP contribution in [0.3, 0.4) is 0 Å². The number of β-amino-alcohol motifs (C(OH)–C–C–N with tert-alkyl or cyclic N) is 1. The van der Waals surface area contributed by atoms with Crippen molar-refractivity contribution in [2.45, 2.75) is 24.7 Å². The van der Waals surface area contributed by atoms with Crippen molar-refractivity contribution >= 4 is 33.4 Å². The van der Waals surface area contributed by atoms with E-state index >= 15 is 0 Å². The van der Waals surface area contributed by atoms with Gasteiger partial charge in [-0.25, -0.2) is 18.7 Å². The van der Waals surface area contributed by atoms with Crippen molar-refractivity contribution in [1.29, 1.82) is 0 Å². The number of hydrogen-bond donors (Lipinski definition) is 4. The molecule has 0 radical (unpaired) electrons. The van der Waals surface area contributed by atoms with E-state index in [1.165, 1.54) is 16.8 Å². The molecule has 0 aromatic carbocycles. The average molecular weight is 444 g/mol. The molecule has 0 amide bonds. The quantitative estimate of drug-likeness (QED) is 0.519. The van der Waals surface area contributed by atoms with Crippen molar-refractivity contribution < 1.29 is 32.6 Å². The molecule has 8 nitrogen and oxygen atoms in total. The van der Waals surface area contributed by atoms with E-state index in [1.807, 2.05) is 0 Å². The van der Waals surface area contributed by atoms with Crippen molar-refractivity contribution in [2.75, 3.05) is 18.4 Å². The molecule has 0 aliphatic carbocycles. The van der Waals surface area contributed by atoms with Crippen LogP contribution in [0.4, 0.5) is 23.5 Å². The summed E-state index contributed by atoms with van der Waals surface area (Å²) < 4.78 is 47.1. The Labute approximate surface area is 152 Å². The number of fused-ring (bicyclic) bond motifs is 1. The average Bonchev–Trinajstić information content (AvgIpc) is 2.83. The molecule has 1 aliphatic rings. The Bertz CT molecular complexity index is 785. The van der Waals surface area contributed by atoms with Crippen LogP contribution in [0.1, 0.15) is 6.42 Å². The maximum atomic E-state index is 13.5. The molecule has 2 atom stereocenters. The van der Waals surface area contributed by atoms with Crippen LogP contribution in [-0.4, -0.2) is 62.2 Å². The number of carbonyl (C=O) groups is 1. The number of aromatic nitrogens is 3. The SMILES string of the molecule is O=C(O)C(F)(F)F.OC1CNCCC1Nc1ncc2c(F)cc(Br)n2n1. The molecule has 4 N–H and O–H groups in total. The highest BCUT2D eigenvalue weighted by Crippen LogP contribution is 2.19. The smallest absolute Gasteiger partial charge is 0.475 e. The Morgan fingerprint density at radius 1 is 1.46 bits per heavy atom. The van der Waals surface area contributed by atoms with Gasteiger partial charge in [0.05, 0.1) is 18.3 Å². The fourth-order valence-corrected chi connectivity index (χ4v) is 2.63. The van der Waals surface area contributed by atoms with Gasteiger partial charge in [0.25, 0.3) is 0 Å². The molecule has 144 valence electrons. The molecular formula is C13H14BrF4N5O3. The van der Waals surface area contributed by atoms with Crippen molar-refractivity contribution in [2.24, 2.45) is 0 Å². The highest BCUT2D eigenvalue weighted by Gasteiger charge is 2.38. The van der Waals surface area contributed by atoms with E-state index in [2.05, 4.69) is 36.6 Å². The number of aliphatic hydroxyl groups excluding tert-OH is 1. The third-order valence-corrected chi connectivity index (χ3v) is 4.00. The van der Waals surface area contributed by atoms with Gasteiger partial charge >= 0.3 is 12.1 Å². The van der Waals surface area contributed by atoms with Crippen LogP contribution in [0.2, 0.25) is 0 Å². The molecule has 26 heavy (non-hydrogen) atoms. The minimum Gasteiger partial charge on any atom is -0.475 e. The molecule has 0 spiro atoms. The summed E-state index contributed by atoms with van der Waals surface area (Å²) in [5.74, 6) is -2.76. The number of piperidine rings is 1. The monoisotopic (exact) mass is 443 g/mol. The number of carboxylic acids is 1. The van der Waals surface area contributed by atoms with E-state index in [4.69, 9.17) is 9.90 Å². The molecule has 2 aromatic rings. The lowest BCUT2D eigenvalue weighted by atomic mass is 10.0. The second-order valence-electron chi connectivity index (χ2n) is 5.31. The van der Waals surface area contributed by atoms with Crippen molar-refractivity contribution in [3.05, 3.63) is 22.7 Å². The molecule has 2 aromatic heterocycles. The normalized spacial score (nSPS) is 20.4. The minimum absolute atomic E-state index is 0.0992. The first-order valence-corrected chi connectivity index (χ1v) is 8.04. The summed E-state index contributed by atoms with van der Waals surface area (Å²) >= 11 is 3.23. The lowest BCUT2D eigenvalue weighted by Gasteiger charge is -2.28. The minimum atomic E-state index is -5.08. The van der Waals surface area contributed by atoms with Gasteiger partial charge in [-0.3, -0.25) is 0 Å². The summed E-state index contributed by atoms with van der Waals surface area (Å²) in [6, 6.07) is 1.24. The number of aliphatic carboxylic acids is 1. The Morgan fingerprint density at radius 2 is 2.12 bits per heavy atom. The van der Waals surface area contributed by atoms with Gasteiger partial charge in [-0.2, -0.15) is 13.2 Å². The molecule has 13 heteroatoms. The summed E-state index contributed by atoms with van der Waals surface area (Å²) in [7, 11) is 0. The van der Waals surface area contributed by atoms with Gasteiger partial charge < -0.3 is 20.8 Å². The summed E-state index contributed by atoms with van der Waals surface area (Å²) in [6.45, 7) is 1.38. The maximum Gasteiger partial charge on any atom is 0.490 e. The topological polar surface area (TPSA) is 112 Å². The van der Waals surface area contributed by atoms with Crippen LogP contribution >= 0.6 is 15.9 Å². The predicted molar refractivity (Wildman–Crippen MR) is 85.2 cm³/mol. The fraction of sp³-hybridized carbons (Fsp3) is 0.462. The Hall–Kier alpha value is -1.99. The molecule has 1 fully saturated rings. The van der Waals surface area contributed by atoms with Gasteiger partial charge in [-0.15, -0.1) is 5.10 Å². The Morgan fingerprint density at radius 3 is 2.69 bits per heavy atom. The van der Waals surface area contributed by atoms with E-state index in [1.54, 1.807) is 0 Å². The molecule has 1 saturated heterocycles. The van der Waals surface area contributed by atoms with E-state index in [9.17, 15) is 22.7 Å². The number of halogens is 5. The van der Waals surface area contributed by atoms with E-state index in [0.717, 1.165) is 13.0 Å². The van der Waals surface area contributed by atoms with Crippen LogP contribution in [0.25, 0.3) is 5.52 Å². The fourth-order valence-electron chi connectivity index (χ4n) is 2.16. The maximum absolute atomic E-state index is 13.5. The van der Waals surface area contributed by atoms with E-state index < -0.39 is 18.2 Å². The third-order valence-electron chi connectivity index (χ3n) is 3.43.